The fraction of sp³-hybridized carbons (Fsp3) is 0.389. The number of rotatable bonds is 4. The lowest BCUT2D eigenvalue weighted by atomic mass is 10.1. The van der Waals surface area contributed by atoms with Crippen molar-refractivity contribution in [1.29, 1.82) is 0 Å². The first kappa shape index (κ1) is 16.0. The molecule has 7 heteroatoms. The maximum Gasteiger partial charge on any atom is 0.254 e. The number of benzene rings is 1. The van der Waals surface area contributed by atoms with Crippen molar-refractivity contribution in [3.8, 4) is 0 Å². The minimum absolute atomic E-state index is 0.101. The van der Waals surface area contributed by atoms with Gasteiger partial charge in [0.15, 0.2) is 0 Å². The van der Waals surface area contributed by atoms with Gasteiger partial charge in [0.1, 0.15) is 24.1 Å². The highest BCUT2D eigenvalue weighted by atomic mass is 19.1. The fourth-order valence-corrected chi connectivity index (χ4v) is 3.19. The van der Waals surface area contributed by atoms with Crippen molar-refractivity contribution in [2.45, 2.75) is 25.9 Å². The zero-order chi connectivity index (χ0) is 17.2. The number of anilines is 1. The lowest BCUT2D eigenvalue weighted by molar-refractivity contribution is 0.0393. The third-order valence-corrected chi connectivity index (χ3v) is 4.42. The Morgan fingerprint density at radius 3 is 2.92 bits per heavy atom. The third-order valence-electron chi connectivity index (χ3n) is 4.42. The van der Waals surface area contributed by atoms with E-state index in [1.165, 1.54) is 18.5 Å². The van der Waals surface area contributed by atoms with E-state index in [2.05, 4.69) is 33.0 Å². The van der Waals surface area contributed by atoms with E-state index in [-0.39, 0.29) is 11.9 Å². The lowest BCUT2D eigenvalue weighted by Crippen LogP contribution is -2.39. The summed E-state index contributed by atoms with van der Waals surface area (Å²) in [5.74, 6) is 1.35. The standard InChI is InChI=1S/C18H20FN5O/c1-2-3-15-10-17(24-18(22-15)20-12-21-24)23-8-9-25-16(11-23)13-4-6-14(19)7-5-13/h4-7,10,12,16H,2-3,8-9,11H2,1H3. The Balaban J connectivity index is 1.65. The fourth-order valence-electron chi connectivity index (χ4n) is 3.19. The van der Waals surface area contributed by atoms with Gasteiger partial charge in [0, 0.05) is 24.8 Å². The van der Waals surface area contributed by atoms with E-state index in [0.29, 0.717) is 18.9 Å². The maximum absolute atomic E-state index is 13.2. The molecule has 6 nitrogen and oxygen atoms in total. The second-order valence-corrected chi connectivity index (χ2v) is 6.18. The molecule has 0 radical (unpaired) electrons. The molecule has 1 aromatic carbocycles. The van der Waals surface area contributed by atoms with E-state index < -0.39 is 0 Å². The average molecular weight is 341 g/mol. The van der Waals surface area contributed by atoms with Crippen LogP contribution in [0.3, 0.4) is 0 Å². The summed E-state index contributed by atoms with van der Waals surface area (Å²) in [7, 11) is 0. The van der Waals surface area contributed by atoms with Gasteiger partial charge in [0.25, 0.3) is 5.78 Å². The lowest BCUT2D eigenvalue weighted by Gasteiger charge is -2.34. The molecule has 1 atom stereocenters. The molecule has 0 spiro atoms. The van der Waals surface area contributed by atoms with Crippen LogP contribution in [-0.2, 0) is 11.2 Å². The summed E-state index contributed by atoms with van der Waals surface area (Å²) in [4.78, 5) is 11.0. The first-order valence-electron chi connectivity index (χ1n) is 8.56. The minimum Gasteiger partial charge on any atom is -0.370 e. The Bertz CT molecular complexity index is 864. The van der Waals surface area contributed by atoms with Crippen LogP contribution in [0.5, 0.6) is 0 Å². The van der Waals surface area contributed by atoms with Crippen molar-refractivity contribution in [2.75, 3.05) is 24.6 Å². The molecule has 25 heavy (non-hydrogen) atoms. The third kappa shape index (κ3) is 3.19. The SMILES string of the molecule is CCCc1cc(N2CCOC(c3ccc(F)cc3)C2)n2ncnc2n1. The molecule has 1 fully saturated rings. The Kier molecular flexibility index (Phi) is 4.31. The van der Waals surface area contributed by atoms with Crippen molar-refractivity contribution in [1.82, 2.24) is 19.6 Å². The molecule has 2 aromatic heterocycles. The molecule has 1 aliphatic rings. The van der Waals surface area contributed by atoms with Crippen LogP contribution in [0.1, 0.15) is 30.7 Å². The molecular formula is C18H20FN5O. The Hall–Kier alpha value is -2.54. The summed E-state index contributed by atoms with van der Waals surface area (Å²) in [5, 5.41) is 4.32. The summed E-state index contributed by atoms with van der Waals surface area (Å²) in [6.45, 7) is 4.18. The smallest absolute Gasteiger partial charge is 0.254 e. The van der Waals surface area contributed by atoms with Gasteiger partial charge in [-0.05, 0) is 24.1 Å². The monoisotopic (exact) mass is 341 g/mol. The van der Waals surface area contributed by atoms with E-state index in [0.717, 1.165) is 36.5 Å². The molecule has 3 aromatic rings. The van der Waals surface area contributed by atoms with Crippen molar-refractivity contribution in [3.05, 3.63) is 53.7 Å². The molecule has 130 valence electrons. The topological polar surface area (TPSA) is 55.6 Å². The van der Waals surface area contributed by atoms with Gasteiger partial charge >= 0.3 is 0 Å². The molecule has 3 heterocycles. The van der Waals surface area contributed by atoms with Gasteiger partial charge in [-0.15, -0.1) is 0 Å². The zero-order valence-electron chi connectivity index (χ0n) is 14.1. The van der Waals surface area contributed by atoms with Crippen LogP contribution in [0.4, 0.5) is 10.2 Å². The number of hydrogen-bond acceptors (Lipinski definition) is 5. The predicted molar refractivity (Wildman–Crippen MR) is 92.1 cm³/mol. The van der Waals surface area contributed by atoms with E-state index in [9.17, 15) is 4.39 Å². The summed E-state index contributed by atoms with van der Waals surface area (Å²) in [5.41, 5.74) is 1.99. The van der Waals surface area contributed by atoms with Crippen molar-refractivity contribution >= 4 is 11.6 Å². The van der Waals surface area contributed by atoms with Gasteiger partial charge in [-0.3, -0.25) is 0 Å². The summed E-state index contributed by atoms with van der Waals surface area (Å²) >= 11 is 0. The van der Waals surface area contributed by atoms with Crippen LogP contribution in [0, 0.1) is 5.82 Å². The number of nitrogens with zero attached hydrogens (tertiary/aromatic N) is 5. The molecule has 0 bridgehead atoms. The van der Waals surface area contributed by atoms with Gasteiger partial charge in [-0.1, -0.05) is 25.5 Å². The number of halogens is 1. The molecule has 0 N–H and O–H groups in total. The number of aromatic nitrogens is 4. The van der Waals surface area contributed by atoms with Gasteiger partial charge in [-0.2, -0.15) is 14.6 Å². The van der Waals surface area contributed by atoms with Crippen LogP contribution in [0.2, 0.25) is 0 Å². The Morgan fingerprint density at radius 1 is 1.28 bits per heavy atom. The van der Waals surface area contributed by atoms with Crippen molar-refractivity contribution in [3.63, 3.8) is 0 Å². The van der Waals surface area contributed by atoms with Crippen LogP contribution >= 0.6 is 0 Å². The summed E-state index contributed by atoms with van der Waals surface area (Å²) < 4.78 is 20.8. The highest BCUT2D eigenvalue weighted by Gasteiger charge is 2.24. The van der Waals surface area contributed by atoms with Gasteiger partial charge < -0.3 is 9.64 Å². The first-order chi connectivity index (χ1) is 12.2. The molecule has 4 rings (SSSR count). The second kappa shape index (κ2) is 6.76. The van der Waals surface area contributed by atoms with Crippen LogP contribution in [0.15, 0.2) is 36.7 Å². The van der Waals surface area contributed by atoms with E-state index >= 15 is 0 Å². The number of morpholine rings is 1. The highest BCUT2D eigenvalue weighted by Crippen LogP contribution is 2.27. The molecule has 1 aliphatic heterocycles. The molecule has 1 unspecified atom stereocenters. The molecule has 0 aliphatic carbocycles. The normalized spacial score (nSPS) is 18.0. The first-order valence-corrected chi connectivity index (χ1v) is 8.56. The van der Waals surface area contributed by atoms with E-state index in [1.54, 1.807) is 16.6 Å². The van der Waals surface area contributed by atoms with Gasteiger partial charge in [-0.25, -0.2) is 9.37 Å². The molecule has 1 saturated heterocycles. The van der Waals surface area contributed by atoms with Crippen LogP contribution < -0.4 is 4.90 Å². The highest BCUT2D eigenvalue weighted by molar-refractivity contribution is 5.48. The van der Waals surface area contributed by atoms with Gasteiger partial charge in [0.2, 0.25) is 0 Å². The zero-order valence-corrected chi connectivity index (χ0v) is 14.1. The predicted octanol–water partition coefficient (Wildman–Crippen LogP) is 2.79. The van der Waals surface area contributed by atoms with Gasteiger partial charge in [0.05, 0.1) is 6.61 Å². The van der Waals surface area contributed by atoms with Crippen LogP contribution in [-0.4, -0.2) is 39.3 Å². The van der Waals surface area contributed by atoms with Crippen LogP contribution in [0.25, 0.3) is 5.78 Å². The Morgan fingerprint density at radius 2 is 2.12 bits per heavy atom. The number of ether oxygens (including phenoxy) is 1. The number of aryl methyl sites for hydroxylation is 1. The second-order valence-electron chi connectivity index (χ2n) is 6.18. The molecule has 0 amide bonds. The minimum atomic E-state index is -0.237. The Labute approximate surface area is 145 Å². The quantitative estimate of drug-likeness (QED) is 0.730. The van der Waals surface area contributed by atoms with E-state index in [1.807, 2.05) is 0 Å². The van der Waals surface area contributed by atoms with Crippen molar-refractivity contribution < 1.29 is 9.13 Å². The summed E-state index contributed by atoms with van der Waals surface area (Å²) in [6, 6.07) is 8.59. The van der Waals surface area contributed by atoms with Crippen molar-refractivity contribution in [2.24, 2.45) is 0 Å². The molecule has 0 saturated carbocycles. The maximum atomic E-state index is 13.2. The average Bonchev–Trinajstić information content (AvgIpc) is 3.10. The molecular weight excluding hydrogens is 321 g/mol. The van der Waals surface area contributed by atoms with E-state index in [4.69, 9.17) is 4.74 Å². The largest absolute Gasteiger partial charge is 0.370 e. The number of fused-ring (bicyclic) bond motifs is 1. The number of hydrogen-bond donors (Lipinski definition) is 0. The summed E-state index contributed by atoms with van der Waals surface area (Å²) in [6.07, 6.45) is 3.36.